The summed E-state index contributed by atoms with van der Waals surface area (Å²) in [5, 5.41) is 0. The number of esters is 1. The third-order valence-corrected chi connectivity index (χ3v) is 2.22. The van der Waals surface area contributed by atoms with Gasteiger partial charge in [-0.05, 0) is 19.8 Å². The van der Waals surface area contributed by atoms with Crippen LogP contribution < -0.4 is 5.73 Å². The molecule has 14 heavy (non-hydrogen) atoms. The molecule has 0 bridgehead atoms. The van der Waals surface area contributed by atoms with E-state index < -0.39 is 0 Å². The van der Waals surface area contributed by atoms with E-state index in [9.17, 15) is 9.59 Å². The summed E-state index contributed by atoms with van der Waals surface area (Å²) < 4.78 is 4.84. The topological polar surface area (TPSA) is 69.4 Å². The lowest BCUT2D eigenvalue weighted by Crippen LogP contribution is -2.27. The van der Waals surface area contributed by atoms with Gasteiger partial charge < -0.3 is 10.5 Å². The quantitative estimate of drug-likeness (QED) is 0.654. The molecule has 0 fully saturated rings. The highest BCUT2D eigenvalue weighted by Gasteiger charge is 2.21. The zero-order valence-corrected chi connectivity index (χ0v) is 9.08. The Morgan fingerprint density at radius 3 is 2.29 bits per heavy atom. The van der Waals surface area contributed by atoms with Crippen LogP contribution in [0.5, 0.6) is 0 Å². The Morgan fingerprint density at radius 1 is 1.36 bits per heavy atom. The summed E-state index contributed by atoms with van der Waals surface area (Å²) in [7, 11) is 0. The van der Waals surface area contributed by atoms with E-state index in [-0.39, 0.29) is 23.7 Å². The molecule has 0 saturated carbocycles. The number of amides is 1. The van der Waals surface area contributed by atoms with Crippen molar-refractivity contribution in [2.45, 2.75) is 33.6 Å². The lowest BCUT2D eigenvalue weighted by Gasteiger charge is -2.15. The Kier molecular flexibility index (Phi) is 5.92. The maximum absolute atomic E-state index is 11.2. The van der Waals surface area contributed by atoms with E-state index in [0.29, 0.717) is 19.4 Å². The first kappa shape index (κ1) is 12.9. The van der Waals surface area contributed by atoms with Gasteiger partial charge in [0.15, 0.2) is 0 Å². The monoisotopic (exact) mass is 201 g/mol. The number of carbonyl (C=O) groups is 2. The van der Waals surface area contributed by atoms with Crippen LogP contribution in [0.1, 0.15) is 33.6 Å². The van der Waals surface area contributed by atoms with E-state index in [4.69, 9.17) is 10.5 Å². The first-order valence-electron chi connectivity index (χ1n) is 4.98. The van der Waals surface area contributed by atoms with Gasteiger partial charge in [0.25, 0.3) is 0 Å². The Balaban J connectivity index is 4.08. The van der Waals surface area contributed by atoms with E-state index in [1.807, 2.05) is 6.92 Å². The predicted octanol–water partition coefficient (Wildman–Crippen LogP) is 1.09. The molecule has 4 heteroatoms. The molecular weight excluding hydrogens is 182 g/mol. The fraction of sp³-hybridized carbons (Fsp3) is 0.800. The highest BCUT2D eigenvalue weighted by molar-refractivity contribution is 5.78. The molecule has 0 aliphatic rings. The average Bonchev–Trinajstić information content (AvgIpc) is 2.13. The molecule has 2 atom stereocenters. The van der Waals surface area contributed by atoms with Gasteiger partial charge in [-0.15, -0.1) is 0 Å². The van der Waals surface area contributed by atoms with Gasteiger partial charge in [-0.2, -0.15) is 0 Å². The van der Waals surface area contributed by atoms with Crippen molar-refractivity contribution in [3.05, 3.63) is 0 Å². The number of rotatable bonds is 6. The van der Waals surface area contributed by atoms with Crippen LogP contribution in [0.2, 0.25) is 0 Å². The first-order valence-corrected chi connectivity index (χ1v) is 4.98. The molecule has 1 amide bonds. The van der Waals surface area contributed by atoms with Crippen molar-refractivity contribution in [2.24, 2.45) is 17.6 Å². The van der Waals surface area contributed by atoms with Crippen molar-refractivity contribution < 1.29 is 14.3 Å². The fourth-order valence-corrected chi connectivity index (χ4v) is 1.29. The van der Waals surface area contributed by atoms with Crippen molar-refractivity contribution in [3.63, 3.8) is 0 Å². The molecule has 0 radical (unpaired) electrons. The van der Waals surface area contributed by atoms with Crippen LogP contribution >= 0.6 is 0 Å². The Bertz CT molecular complexity index is 204. The molecule has 0 aromatic carbocycles. The Morgan fingerprint density at radius 2 is 1.93 bits per heavy atom. The number of primary amides is 1. The summed E-state index contributed by atoms with van der Waals surface area (Å²) in [4.78, 5) is 22.2. The van der Waals surface area contributed by atoms with Gasteiger partial charge in [0, 0.05) is 5.92 Å². The van der Waals surface area contributed by atoms with Crippen LogP contribution in [0.3, 0.4) is 0 Å². The van der Waals surface area contributed by atoms with Crippen LogP contribution in [0, 0.1) is 11.8 Å². The molecule has 2 N–H and O–H groups in total. The number of carbonyl (C=O) groups excluding carboxylic acids is 2. The molecule has 0 saturated heterocycles. The van der Waals surface area contributed by atoms with E-state index in [2.05, 4.69) is 0 Å². The third-order valence-electron chi connectivity index (χ3n) is 2.22. The molecule has 0 aliphatic heterocycles. The Hall–Kier alpha value is -1.06. The summed E-state index contributed by atoms with van der Waals surface area (Å²) in [6, 6.07) is 0. The van der Waals surface area contributed by atoms with E-state index in [0.717, 1.165) is 0 Å². The fourth-order valence-electron chi connectivity index (χ4n) is 1.29. The number of hydrogen-bond donors (Lipinski definition) is 1. The first-order chi connectivity index (χ1) is 6.52. The summed E-state index contributed by atoms with van der Waals surface area (Å²) in [6.45, 7) is 5.77. The van der Waals surface area contributed by atoms with Gasteiger partial charge in [-0.25, -0.2) is 0 Å². The van der Waals surface area contributed by atoms with E-state index >= 15 is 0 Å². The van der Waals surface area contributed by atoms with E-state index in [1.165, 1.54) is 0 Å². The number of hydrogen-bond acceptors (Lipinski definition) is 3. The summed E-state index contributed by atoms with van der Waals surface area (Å²) in [6.07, 6.45) is 1.14. The van der Waals surface area contributed by atoms with Crippen molar-refractivity contribution in [1.29, 1.82) is 0 Å². The van der Waals surface area contributed by atoms with Crippen LogP contribution in [0.4, 0.5) is 0 Å². The van der Waals surface area contributed by atoms with Crippen molar-refractivity contribution in [1.82, 2.24) is 0 Å². The molecule has 0 heterocycles. The molecule has 0 aromatic rings. The second-order valence-corrected chi connectivity index (χ2v) is 3.40. The minimum absolute atomic E-state index is 0.227. The van der Waals surface area contributed by atoms with Gasteiger partial charge in [0.1, 0.15) is 0 Å². The highest BCUT2D eigenvalue weighted by atomic mass is 16.5. The van der Waals surface area contributed by atoms with Crippen LogP contribution in [-0.2, 0) is 14.3 Å². The standard InChI is InChI=1S/C10H19NO3/c1-4-8(9(11)12)6-7(3)10(13)14-5-2/h7-8H,4-6H2,1-3H3,(H2,11,12). The summed E-state index contributed by atoms with van der Waals surface area (Å²) in [5.41, 5.74) is 5.18. The van der Waals surface area contributed by atoms with Gasteiger partial charge in [-0.3, -0.25) is 9.59 Å². The van der Waals surface area contributed by atoms with Gasteiger partial charge in [-0.1, -0.05) is 13.8 Å². The van der Waals surface area contributed by atoms with Crippen molar-refractivity contribution >= 4 is 11.9 Å². The second-order valence-electron chi connectivity index (χ2n) is 3.40. The lowest BCUT2D eigenvalue weighted by molar-refractivity contribution is -0.148. The average molecular weight is 201 g/mol. The molecule has 0 rings (SSSR count). The molecular formula is C10H19NO3. The maximum Gasteiger partial charge on any atom is 0.308 e. The van der Waals surface area contributed by atoms with Crippen LogP contribution in [0.25, 0.3) is 0 Å². The highest BCUT2D eigenvalue weighted by Crippen LogP contribution is 2.16. The minimum atomic E-state index is -0.344. The van der Waals surface area contributed by atoms with Crippen LogP contribution in [0.15, 0.2) is 0 Å². The SMILES string of the molecule is CCOC(=O)C(C)CC(CC)C(N)=O. The molecule has 0 aromatic heterocycles. The largest absolute Gasteiger partial charge is 0.466 e. The van der Waals surface area contributed by atoms with Crippen molar-refractivity contribution in [2.75, 3.05) is 6.61 Å². The molecule has 0 aliphatic carbocycles. The molecule has 0 spiro atoms. The molecule has 2 unspecified atom stereocenters. The summed E-state index contributed by atoms with van der Waals surface area (Å²) in [5.74, 6) is -1.09. The van der Waals surface area contributed by atoms with Gasteiger partial charge >= 0.3 is 5.97 Å². The van der Waals surface area contributed by atoms with Gasteiger partial charge in [0.2, 0.25) is 5.91 Å². The normalized spacial score (nSPS) is 14.5. The zero-order chi connectivity index (χ0) is 11.1. The third kappa shape index (κ3) is 4.25. The second kappa shape index (κ2) is 6.40. The number of ether oxygens (including phenoxy) is 1. The predicted molar refractivity (Wildman–Crippen MR) is 53.4 cm³/mol. The molecule has 82 valence electrons. The molecule has 4 nitrogen and oxygen atoms in total. The van der Waals surface area contributed by atoms with E-state index in [1.54, 1.807) is 13.8 Å². The van der Waals surface area contributed by atoms with Crippen molar-refractivity contribution in [3.8, 4) is 0 Å². The van der Waals surface area contributed by atoms with Gasteiger partial charge in [0.05, 0.1) is 12.5 Å². The minimum Gasteiger partial charge on any atom is -0.466 e. The number of nitrogens with two attached hydrogens (primary N) is 1. The zero-order valence-electron chi connectivity index (χ0n) is 9.08. The summed E-state index contributed by atoms with van der Waals surface area (Å²) >= 11 is 0. The Labute approximate surface area is 84.8 Å². The van der Waals surface area contributed by atoms with Crippen LogP contribution in [-0.4, -0.2) is 18.5 Å². The maximum atomic E-state index is 11.2. The smallest absolute Gasteiger partial charge is 0.308 e. The lowest BCUT2D eigenvalue weighted by atomic mass is 9.93.